The monoisotopic (exact) mass is 336 g/mol. The van der Waals surface area contributed by atoms with Crippen molar-refractivity contribution >= 4 is 32.7 Å². The molecule has 3 rings (SSSR count). The highest BCUT2D eigenvalue weighted by Crippen LogP contribution is 2.23. The van der Waals surface area contributed by atoms with Gasteiger partial charge in [0, 0.05) is 10.2 Å². The minimum Gasteiger partial charge on any atom is -0.481 e. The SMILES string of the molecule is Nc1ccc2oc(COc3ccc(Br)cc3F)nc2c1. The van der Waals surface area contributed by atoms with Crippen LogP contribution in [0.4, 0.5) is 10.1 Å². The van der Waals surface area contributed by atoms with E-state index in [2.05, 4.69) is 20.9 Å². The molecule has 0 amide bonds. The van der Waals surface area contributed by atoms with E-state index in [-0.39, 0.29) is 12.4 Å². The van der Waals surface area contributed by atoms with Crippen molar-refractivity contribution in [3.05, 3.63) is 52.6 Å². The molecule has 0 aliphatic carbocycles. The van der Waals surface area contributed by atoms with Crippen molar-refractivity contribution in [2.75, 3.05) is 5.73 Å². The standard InChI is InChI=1S/C14H10BrFN2O2/c15-8-1-3-12(10(16)5-8)19-7-14-18-11-6-9(17)2-4-13(11)20-14/h1-6H,7,17H2. The van der Waals surface area contributed by atoms with Gasteiger partial charge in [-0.2, -0.15) is 0 Å². The zero-order valence-electron chi connectivity index (χ0n) is 10.3. The van der Waals surface area contributed by atoms with Gasteiger partial charge in [0.2, 0.25) is 5.89 Å². The molecule has 0 saturated carbocycles. The minimum atomic E-state index is -0.445. The van der Waals surface area contributed by atoms with Gasteiger partial charge in [-0.3, -0.25) is 0 Å². The summed E-state index contributed by atoms with van der Waals surface area (Å²) in [5, 5.41) is 0. The van der Waals surface area contributed by atoms with Crippen LogP contribution < -0.4 is 10.5 Å². The maximum Gasteiger partial charge on any atom is 0.233 e. The fourth-order valence-corrected chi connectivity index (χ4v) is 2.12. The molecule has 0 spiro atoms. The Labute approximate surface area is 122 Å². The van der Waals surface area contributed by atoms with Crippen molar-refractivity contribution in [1.29, 1.82) is 0 Å². The van der Waals surface area contributed by atoms with E-state index in [0.29, 0.717) is 27.2 Å². The van der Waals surface area contributed by atoms with Crippen LogP contribution >= 0.6 is 15.9 Å². The van der Waals surface area contributed by atoms with Gasteiger partial charge in [-0.1, -0.05) is 15.9 Å². The van der Waals surface area contributed by atoms with E-state index in [0.717, 1.165) is 0 Å². The molecule has 20 heavy (non-hydrogen) atoms. The van der Waals surface area contributed by atoms with Gasteiger partial charge < -0.3 is 14.9 Å². The predicted octanol–water partition coefficient (Wildman–Crippen LogP) is 3.89. The topological polar surface area (TPSA) is 61.3 Å². The number of halogens is 2. The molecule has 6 heteroatoms. The Hall–Kier alpha value is -2.08. The highest BCUT2D eigenvalue weighted by molar-refractivity contribution is 9.10. The number of nitrogens with zero attached hydrogens (tertiary/aromatic N) is 1. The van der Waals surface area contributed by atoms with E-state index in [1.165, 1.54) is 6.07 Å². The molecular formula is C14H10BrFN2O2. The number of anilines is 1. The van der Waals surface area contributed by atoms with E-state index in [4.69, 9.17) is 14.9 Å². The van der Waals surface area contributed by atoms with Gasteiger partial charge in [0.1, 0.15) is 5.52 Å². The van der Waals surface area contributed by atoms with Crippen LogP contribution in [0, 0.1) is 5.82 Å². The summed E-state index contributed by atoms with van der Waals surface area (Å²) < 4.78 is 25.1. The number of nitrogen functional groups attached to an aromatic ring is 1. The van der Waals surface area contributed by atoms with E-state index in [1.54, 1.807) is 30.3 Å². The average Bonchev–Trinajstić information content (AvgIpc) is 2.79. The van der Waals surface area contributed by atoms with Gasteiger partial charge in [0.25, 0.3) is 0 Å². The predicted molar refractivity (Wildman–Crippen MR) is 76.9 cm³/mol. The second-order valence-corrected chi connectivity index (χ2v) is 5.11. The number of aromatic nitrogens is 1. The Morgan fingerprint density at radius 1 is 1.25 bits per heavy atom. The summed E-state index contributed by atoms with van der Waals surface area (Å²) >= 11 is 3.18. The van der Waals surface area contributed by atoms with E-state index in [9.17, 15) is 4.39 Å². The van der Waals surface area contributed by atoms with Crippen molar-refractivity contribution in [1.82, 2.24) is 4.98 Å². The van der Waals surface area contributed by atoms with Crippen molar-refractivity contribution in [2.24, 2.45) is 0 Å². The molecule has 0 atom stereocenters. The van der Waals surface area contributed by atoms with Crippen LogP contribution in [-0.2, 0) is 6.61 Å². The Balaban J connectivity index is 1.79. The zero-order valence-corrected chi connectivity index (χ0v) is 11.9. The fraction of sp³-hybridized carbons (Fsp3) is 0.0714. The maximum atomic E-state index is 13.6. The van der Waals surface area contributed by atoms with Gasteiger partial charge in [-0.15, -0.1) is 0 Å². The molecule has 2 N–H and O–H groups in total. The number of fused-ring (bicyclic) bond motifs is 1. The van der Waals surface area contributed by atoms with Crippen LogP contribution in [0.25, 0.3) is 11.1 Å². The molecule has 0 unspecified atom stereocenters. The molecule has 3 aromatic rings. The van der Waals surface area contributed by atoms with Crippen molar-refractivity contribution in [2.45, 2.75) is 6.61 Å². The van der Waals surface area contributed by atoms with Gasteiger partial charge >= 0.3 is 0 Å². The summed E-state index contributed by atoms with van der Waals surface area (Å²) in [6.07, 6.45) is 0. The quantitative estimate of drug-likeness (QED) is 0.737. The third kappa shape index (κ3) is 2.60. The molecule has 4 nitrogen and oxygen atoms in total. The normalized spacial score (nSPS) is 10.9. The molecule has 0 aliphatic rings. The lowest BCUT2D eigenvalue weighted by molar-refractivity contribution is 0.255. The smallest absolute Gasteiger partial charge is 0.233 e. The summed E-state index contributed by atoms with van der Waals surface area (Å²) in [4.78, 5) is 4.23. The highest BCUT2D eigenvalue weighted by atomic mass is 79.9. The Morgan fingerprint density at radius 3 is 2.90 bits per heavy atom. The largest absolute Gasteiger partial charge is 0.481 e. The van der Waals surface area contributed by atoms with Gasteiger partial charge in [-0.05, 0) is 36.4 Å². The first-order chi connectivity index (χ1) is 9.61. The summed E-state index contributed by atoms with van der Waals surface area (Å²) in [7, 11) is 0. The van der Waals surface area contributed by atoms with Crippen LogP contribution in [0.5, 0.6) is 5.75 Å². The number of oxazole rings is 1. The molecule has 0 saturated heterocycles. The lowest BCUT2D eigenvalue weighted by atomic mass is 10.3. The number of benzene rings is 2. The highest BCUT2D eigenvalue weighted by Gasteiger charge is 2.09. The Morgan fingerprint density at radius 2 is 2.10 bits per heavy atom. The summed E-state index contributed by atoms with van der Waals surface area (Å²) in [6.45, 7) is 0.0487. The first kappa shape index (κ1) is 12.9. The summed E-state index contributed by atoms with van der Waals surface area (Å²) in [5.41, 5.74) is 7.55. The second kappa shape index (κ2) is 5.13. The first-order valence-corrected chi connectivity index (χ1v) is 6.64. The molecule has 1 heterocycles. The zero-order chi connectivity index (χ0) is 14.1. The molecule has 0 bridgehead atoms. The van der Waals surface area contributed by atoms with Crippen LogP contribution in [-0.4, -0.2) is 4.98 Å². The third-order valence-corrected chi connectivity index (χ3v) is 3.19. The van der Waals surface area contributed by atoms with Crippen molar-refractivity contribution in [3.63, 3.8) is 0 Å². The van der Waals surface area contributed by atoms with Crippen molar-refractivity contribution in [3.8, 4) is 5.75 Å². The van der Waals surface area contributed by atoms with Gasteiger partial charge in [-0.25, -0.2) is 9.37 Å². The fourth-order valence-electron chi connectivity index (χ4n) is 1.79. The maximum absolute atomic E-state index is 13.6. The number of hydrogen-bond acceptors (Lipinski definition) is 4. The molecule has 0 radical (unpaired) electrons. The Bertz CT molecular complexity index is 773. The number of rotatable bonds is 3. The first-order valence-electron chi connectivity index (χ1n) is 5.84. The molecule has 2 aromatic carbocycles. The minimum absolute atomic E-state index is 0.0487. The van der Waals surface area contributed by atoms with E-state index < -0.39 is 5.82 Å². The lowest BCUT2D eigenvalue weighted by Gasteiger charge is -2.04. The molecule has 1 aromatic heterocycles. The van der Waals surface area contributed by atoms with Crippen molar-refractivity contribution < 1.29 is 13.5 Å². The van der Waals surface area contributed by atoms with Crippen LogP contribution in [0.15, 0.2) is 45.3 Å². The second-order valence-electron chi connectivity index (χ2n) is 4.20. The third-order valence-electron chi connectivity index (χ3n) is 2.70. The number of nitrogens with two attached hydrogens (primary N) is 1. The summed E-state index contributed by atoms with van der Waals surface area (Å²) in [5.74, 6) is 0.0719. The molecule has 102 valence electrons. The summed E-state index contributed by atoms with van der Waals surface area (Å²) in [6, 6.07) is 9.75. The average molecular weight is 337 g/mol. The number of ether oxygens (including phenoxy) is 1. The van der Waals surface area contributed by atoms with Crippen LogP contribution in [0.1, 0.15) is 5.89 Å². The Kier molecular flexibility index (Phi) is 3.31. The molecule has 0 fully saturated rings. The number of hydrogen-bond donors (Lipinski definition) is 1. The molecule has 0 aliphatic heterocycles. The molecular weight excluding hydrogens is 327 g/mol. The van der Waals surface area contributed by atoms with Crippen LogP contribution in [0.3, 0.4) is 0 Å². The van der Waals surface area contributed by atoms with Gasteiger partial charge in [0.15, 0.2) is 23.8 Å². The van der Waals surface area contributed by atoms with Crippen LogP contribution in [0.2, 0.25) is 0 Å². The van der Waals surface area contributed by atoms with Gasteiger partial charge in [0.05, 0.1) is 0 Å². The van der Waals surface area contributed by atoms with E-state index >= 15 is 0 Å². The lowest BCUT2D eigenvalue weighted by Crippen LogP contribution is -1.97. The van der Waals surface area contributed by atoms with E-state index in [1.807, 2.05) is 0 Å².